The highest BCUT2D eigenvalue weighted by Gasteiger charge is 2.15. The molecular weight excluding hydrogens is 242 g/mol. The lowest BCUT2D eigenvalue weighted by molar-refractivity contribution is 0.463. The number of aryl methyl sites for hydroxylation is 1. The number of para-hydroxylation sites is 1. The maximum absolute atomic E-state index is 6.03. The molecule has 0 radical (unpaired) electrons. The van der Waals surface area contributed by atoms with Gasteiger partial charge >= 0.3 is 0 Å². The van der Waals surface area contributed by atoms with Crippen molar-refractivity contribution in [2.75, 3.05) is 18.1 Å². The Balaban J connectivity index is 2.29. The minimum absolute atomic E-state index is 0.312. The lowest BCUT2D eigenvalue weighted by atomic mass is 10.1. The van der Waals surface area contributed by atoms with Crippen LogP contribution in [-0.4, -0.2) is 18.1 Å². The van der Waals surface area contributed by atoms with Gasteiger partial charge < -0.3 is 9.73 Å². The first-order chi connectivity index (χ1) is 8.76. The predicted octanol–water partition coefficient (Wildman–Crippen LogP) is 4.14. The SMILES string of the molecule is CCNC(CSCC)c1cc2cccc(C)c2o1. The van der Waals surface area contributed by atoms with E-state index in [9.17, 15) is 0 Å². The highest BCUT2D eigenvalue weighted by molar-refractivity contribution is 7.99. The lowest BCUT2D eigenvalue weighted by Gasteiger charge is -2.14. The van der Waals surface area contributed by atoms with E-state index < -0.39 is 0 Å². The highest BCUT2D eigenvalue weighted by Crippen LogP contribution is 2.28. The van der Waals surface area contributed by atoms with Crippen molar-refractivity contribution in [2.45, 2.75) is 26.8 Å². The predicted molar refractivity (Wildman–Crippen MR) is 80.4 cm³/mol. The quantitative estimate of drug-likeness (QED) is 0.847. The first-order valence-electron chi connectivity index (χ1n) is 6.56. The van der Waals surface area contributed by atoms with Crippen molar-refractivity contribution in [1.82, 2.24) is 5.32 Å². The molecule has 3 heteroatoms. The molecule has 1 unspecified atom stereocenters. The van der Waals surface area contributed by atoms with Gasteiger partial charge in [-0.2, -0.15) is 11.8 Å². The Morgan fingerprint density at radius 1 is 1.33 bits per heavy atom. The number of thioether (sulfide) groups is 1. The molecule has 1 aromatic heterocycles. The van der Waals surface area contributed by atoms with Gasteiger partial charge in [-0.05, 0) is 30.9 Å². The Morgan fingerprint density at radius 3 is 2.83 bits per heavy atom. The maximum atomic E-state index is 6.03. The van der Waals surface area contributed by atoms with Crippen LogP contribution in [-0.2, 0) is 0 Å². The first-order valence-corrected chi connectivity index (χ1v) is 7.72. The minimum atomic E-state index is 0.312. The molecule has 0 saturated heterocycles. The van der Waals surface area contributed by atoms with Crippen LogP contribution in [0.25, 0.3) is 11.0 Å². The van der Waals surface area contributed by atoms with Gasteiger partial charge in [-0.25, -0.2) is 0 Å². The summed E-state index contributed by atoms with van der Waals surface area (Å²) in [6.07, 6.45) is 0. The molecule has 0 aliphatic heterocycles. The van der Waals surface area contributed by atoms with E-state index in [0.717, 1.165) is 29.4 Å². The van der Waals surface area contributed by atoms with Crippen LogP contribution in [0.1, 0.15) is 31.2 Å². The lowest BCUT2D eigenvalue weighted by Crippen LogP contribution is -2.22. The standard InChI is InChI=1S/C15H21NOS/c1-4-16-13(10-18-5-2)14-9-12-8-6-7-11(3)15(12)17-14/h6-9,13,16H,4-5,10H2,1-3H3. The van der Waals surface area contributed by atoms with E-state index in [1.54, 1.807) is 0 Å². The summed E-state index contributed by atoms with van der Waals surface area (Å²) < 4.78 is 6.03. The molecule has 2 aromatic rings. The molecule has 1 atom stereocenters. The molecule has 0 amide bonds. The Morgan fingerprint density at radius 2 is 2.17 bits per heavy atom. The summed E-state index contributed by atoms with van der Waals surface area (Å²) in [5.74, 6) is 3.26. The Hall–Kier alpha value is -0.930. The van der Waals surface area contributed by atoms with Crippen molar-refractivity contribution in [3.05, 3.63) is 35.6 Å². The molecule has 1 aromatic carbocycles. The molecule has 0 aliphatic rings. The Bertz CT molecular complexity index is 506. The van der Waals surface area contributed by atoms with Crippen LogP contribution in [0.3, 0.4) is 0 Å². The normalized spacial score (nSPS) is 13.1. The van der Waals surface area contributed by atoms with Crippen molar-refractivity contribution >= 4 is 22.7 Å². The zero-order valence-corrected chi connectivity index (χ0v) is 12.1. The van der Waals surface area contributed by atoms with Gasteiger partial charge in [0.2, 0.25) is 0 Å². The number of rotatable bonds is 6. The van der Waals surface area contributed by atoms with E-state index in [1.165, 1.54) is 10.9 Å². The molecule has 0 spiro atoms. The minimum Gasteiger partial charge on any atom is -0.459 e. The summed E-state index contributed by atoms with van der Waals surface area (Å²) in [4.78, 5) is 0. The summed E-state index contributed by atoms with van der Waals surface area (Å²) in [6, 6.07) is 8.78. The van der Waals surface area contributed by atoms with Gasteiger partial charge in [-0.3, -0.25) is 0 Å². The molecular formula is C15H21NOS. The van der Waals surface area contributed by atoms with Crippen LogP contribution < -0.4 is 5.32 Å². The number of nitrogens with one attached hydrogen (secondary N) is 1. The van der Waals surface area contributed by atoms with Gasteiger partial charge in [-0.1, -0.05) is 32.0 Å². The number of hydrogen-bond donors (Lipinski definition) is 1. The van der Waals surface area contributed by atoms with Crippen LogP contribution in [0.15, 0.2) is 28.7 Å². The second kappa shape index (κ2) is 6.30. The summed E-state index contributed by atoms with van der Waals surface area (Å²) >= 11 is 1.94. The Labute approximate surface area is 113 Å². The van der Waals surface area contributed by atoms with Crippen LogP contribution in [0, 0.1) is 6.92 Å². The second-order valence-electron chi connectivity index (χ2n) is 4.41. The van der Waals surface area contributed by atoms with Gasteiger partial charge in [0, 0.05) is 11.1 Å². The van der Waals surface area contributed by atoms with E-state index in [4.69, 9.17) is 4.42 Å². The third-order valence-electron chi connectivity index (χ3n) is 3.04. The fourth-order valence-electron chi connectivity index (χ4n) is 2.12. The van der Waals surface area contributed by atoms with E-state index >= 15 is 0 Å². The number of fused-ring (bicyclic) bond motifs is 1. The molecule has 0 bridgehead atoms. The average molecular weight is 263 g/mol. The van der Waals surface area contributed by atoms with Gasteiger partial charge in [0.15, 0.2) is 0 Å². The van der Waals surface area contributed by atoms with E-state index in [2.05, 4.69) is 50.4 Å². The molecule has 0 aliphatic carbocycles. The van der Waals surface area contributed by atoms with Gasteiger partial charge in [0.05, 0.1) is 6.04 Å². The molecule has 2 nitrogen and oxygen atoms in total. The molecule has 2 rings (SSSR count). The fourth-order valence-corrected chi connectivity index (χ4v) is 2.88. The molecule has 1 heterocycles. The van der Waals surface area contributed by atoms with Crippen molar-refractivity contribution in [2.24, 2.45) is 0 Å². The van der Waals surface area contributed by atoms with E-state index in [1.807, 2.05) is 11.8 Å². The van der Waals surface area contributed by atoms with Crippen molar-refractivity contribution in [3.63, 3.8) is 0 Å². The topological polar surface area (TPSA) is 25.2 Å². The molecule has 18 heavy (non-hydrogen) atoms. The molecule has 98 valence electrons. The highest BCUT2D eigenvalue weighted by atomic mass is 32.2. The van der Waals surface area contributed by atoms with Crippen LogP contribution in [0.4, 0.5) is 0 Å². The van der Waals surface area contributed by atoms with Crippen LogP contribution in [0.2, 0.25) is 0 Å². The second-order valence-corrected chi connectivity index (χ2v) is 5.73. The van der Waals surface area contributed by atoms with Crippen molar-refractivity contribution in [3.8, 4) is 0 Å². The maximum Gasteiger partial charge on any atom is 0.137 e. The number of furan rings is 1. The summed E-state index contributed by atoms with van der Waals surface area (Å²) in [5.41, 5.74) is 2.23. The smallest absolute Gasteiger partial charge is 0.137 e. The van der Waals surface area contributed by atoms with E-state index in [-0.39, 0.29) is 0 Å². The average Bonchev–Trinajstić information content (AvgIpc) is 2.80. The zero-order chi connectivity index (χ0) is 13.0. The summed E-state index contributed by atoms with van der Waals surface area (Å²) in [5, 5.41) is 4.70. The van der Waals surface area contributed by atoms with Gasteiger partial charge in [0.1, 0.15) is 11.3 Å². The number of benzene rings is 1. The third kappa shape index (κ3) is 2.90. The van der Waals surface area contributed by atoms with Crippen molar-refractivity contribution < 1.29 is 4.42 Å². The molecule has 1 N–H and O–H groups in total. The molecule has 0 saturated carbocycles. The monoisotopic (exact) mass is 263 g/mol. The fraction of sp³-hybridized carbons (Fsp3) is 0.467. The summed E-state index contributed by atoms with van der Waals surface area (Å²) in [6.45, 7) is 7.39. The van der Waals surface area contributed by atoms with Crippen molar-refractivity contribution in [1.29, 1.82) is 0 Å². The van der Waals surface area contributed by atoms with Gasteiger partial charge in [-0.15, -0.1) is 0 Å². The van der Waals surface area contributed by atoms with Crippen LogP contribution >= 0.6 is 11.8 Å². The van der Waals surface area contributed by atoms with Crippen LogP contribution in [0.5, 0.6) is 0 Å². The van der Waals surface area contributed by atoms with Gasteiger partial charge in [0.25, 0.3) is 0 Å². The third-order valence-corrected chi connectivity index (χ3v) is 4.02. The molecule has 0 fully saturated rings. The first kappa shape index (κ1) is 13.5. The van der Waals surface area contributed by atoms with E-state index in [0.29, 0.717) is 6.04 Å². The Kier molecular flexibility index (Phi) is 4.72. The summed E-state index contributed by atoms with van der Waals surface area (Å²) in [7, 11) is 0. The largest absolute Gasteiger partial charge is 0.459 e. The zero-order valence-electron chi connectivity index (χ0n) is 11.3. The number of hydrogen-bond acceptors (Lipinski definition) is 3.